The lowest BCUT2D eigenvalue weighted by Crippen LogP contribution is -2.26. The molecule has 1 heterocycles. The van der Waals surface area contributed by atoms with Crippen LogP contribution in [0.4, 0.5) is 5.69 Å². The lowest BCUT2D eigenvalue weighted by atomic mass is 10.1. The molecule has 8 heteroatoms. The molecular formula is C22H23N3O5. The zero-order valence-electron chi connectivity index (χ0n) is 16.9. The van der Waals surface area contributed by atoms with Crippen molar-refractivity contribution in [2.75, 3.05) is 25.5 Å². The number of rotatable bonds is 8. The van der Waals surface area contributed by atoms with Gasteiger partial charge < -0.3 is 15.4 Å². The molecule has 0 spiro atoms. The van der Waals surface area contributed by atoms with Crippen molar-refractivity contribution < 1.29 is 23.9 Å². The Balaban J connectivity index is 1.48. The van der Waals surface area contributed by atoms with Crippen LogP contribution in [0.5, 0.6) is 5.75 Å². The molecule has 4 amide bonds. The van der Waals surface area contributed by atoms with E-state index in [0.29, 0.717) is 42.1 Å². The predicted molar refractivity (Wildman–Crippen MR) is 111 cm³/mol. The number of para-hydroxylation sites is 1. The third-order valence-electron chi connectivity index (χ3n) is 4.67. The van der Waals surface area contributed by atoms with Gasteiger partial charge in [-0.3, -0.25) is 24.1 Å². The number of hydrogen-bond donors (Lipinski definition) is 2. The first-order valence-corrected chi connectivity index (χ1v) is 9.68. The topological polar surface area (TPSA) is 105 Å². The molecule has 2 aromatic carbocycles. The van der Waals surface area contributed by atoms with Crippen LogP contribution in [-0.2, 0) is 4.79 Å². The molecule has 0 radical (unpaired) electrons. The van der Waals surface area contributed by atoms with Crippen LogP contribution in [0.15, 0.2) is 42.5 Å². The van der Waals surface area contributed by atoms with Gasteiger partial charge in [-0.15, -0.1) is 0 Å². The van der Waals surface area contributed by atoms with E-state index < -0.39 is 0 Å². The number of ether oxygens (including phenoxy) is 1. The van der Waals surface area contributed by atoms with Crippen molar-refractivity contribution in [2.45, 2.75) is 19.8 Å². The molecule has 0 aliphatic carbocycles. The van der Waals surface area contributed by atoms with Gasteiger partial charge in [-0.05, 0) is 43.7 Å². The number of nitrogens with one attached hydrogen (secondary N) is 2. The number of benzene rings is 2. The van der Waals surface area contributed by atoms with Crippen LogP contribution in [0, 0.1) is 0 Å². The second-order valence-electron chi connectivity index (χ2n) is 6.77. The number of fused-ring (bicyclic) bond motifs is 1. The van der Waals surface area contributed by atoms with Gasteiger partial charge in [0.15, 0.2) is 0 Å². The summed E-state index contributed by atoms with van der Waals surface area (Å²) in [5.41, 5.74) is 1.51. The Hall–Kier alpha value is -3.68. The van der Waals surface area contributed by atoms with Crippen molar-refractivity contribution in [1.29, 1.82) is 0 Å². The maximum absolute atomic E-state index is 12.3. The minimum atomic E-state index is -0.388. The first kappa shape index (κ1) is 21.0. The van der Waals surface area contributed by atoms with Gasteiger partial charge in [0.25, 0.3) is 17.7 Å². The summed E-state index contributed by atoms with van der Waals surface area (Å²) in [4.78, 5) is 49.5. The van der Waals surface area contributed by atoms with E-state index >= 15 is 0 Å². The van der Waals surface area contributed by atoms with Gasteiger partial charge >= 0.3 is 0 Å². The highest BCUT2D eigenvalue weighted by Crippen LogP contribution is 2.24. The Morgan fingerprint density at radius 2 is 1.77 bits per heavy atom. The summed E-state index contributed by atoms with van der Waals surface area (Å²) in [6.45, 7) is 2.64. The average Bonchev–Trinajstić information content (AvgIpc) is 2.95. The van der Waals surface area contributed by atoms with Crippen molar-refractivity contribution in [1.82, 2.24) is 10.2 Å². The largest absolute Gasteiger partial charge is 0.493 e. The number of carbonyl (C=O) groups excluding carboxylic acids is 4. The fourth-order valence-corrected chi connectivity index (χ4v) is 3.14. The van der Waals surface area contributed by atoms with Gasteiger partial charge in [0.05, 0.1) is 23.3 Å². The SMILES string of the molecule is CCOc1ccccc1C(=O)NCCCC(=O)Nc1ccc2c(c1)C(=O)N(C)C2=O. The van der Waals surface area contributed by atoms with E-state index in [1.54, 1.807) is 30.3 Å². The van der Waals surface area contributed by atoms with Crippen LogP contribution in [-0.4, -0.2) is 48.7 Å². The molecule has 1 aliphatic heterocycles. The molecule has 0 aromatic heterocycles. The normalized spacial score (nSPS) is 12.5. The highest BCUT2D eigenvalue weighted by Gasteiger charge is 2.32. The summed E-state index contributed by atoms with van der Waals surface area (Å²) < 4.78 is 5.45. The molecule has 156 valence electrons. The van der Waals surface area contributed by atoms with Gasteiger partial charge in [-0.1, -0.05) is 12.1 Å². The standard InChI is InChI=1S/C22H23N3O5/c1-3-30-18-8-5-4-7-16(18)20(27)23-12-6-9-19(26)24-14-10-11-15-17(13-14)22(29)25(2)21(15)28/h4-5,7-8,10-11,13H,3,6,9,12H2,1-2H3,(H,23,27)(H,24,26). The van der Waals surface area contributed by atoms with Crippen LogP contribution >= 0.6 is 0 Å². The molecule has 0 saturated carbocycles. The molecule has 0 bridgehead atoms. The highest BCUT2D eigenvalue weighted by atomic mass is 16.5. The van der Waals surface area contributed by atoms with Crippen LogP contribution in [0.2, 0.25) is 0 Å². The number of imide groups is 1. The molecule has 8 nitrogen and oxygen atoms in total. The van der Waals surface area contributed by atoms with E-state index in [1.165, 1.54) is 19.2 Å². The Morgan fingerprint density at radius 1 is 1.03 bits per heavy atom. The molecule has 30 heavy (non-hydrogen) atoms. The van der Waals surface area contributed by atoms with E-state index in [0.717, 1.165) is 4.90 Å². The predicted octanol–water partition coefficient (Wildman–Crippen LogP) is 2.46. The maximum Gasteiger partial charge on any atom is 0.261 e. The molecule has 1 aliphatic rings. The molecule has 0 unspecified atom stereocenters. The second kappa shape index (κ2) is 9.21. The fraction of sp³-hybridized carbons (Fsp3) is 0.273. The van der Waals surface area contributed by atoms with Crippen molar-refractivity contribution in [3.05, 3.63) is 59.2 Å². The smallest absolute Gasteiger partial charge is 0.261 e. The summed E-state index contributed by atoms with van der Waals surface area (Å²) in [6, 6.07) is 11.6. The maximum atomic E-state index is 12.3. The first-order valence-electron chi connectivity index (χ1n) is 9.68. The average molecular weight is 409 g/mol. The molecule has 2 N–H and O–H groups in total. The summed E-state index contributed by atoms with van der Waals surface area (Å²) in [7, 11) is 1.42. The summed E-state index contributed by atoms with van der Waals surface area (Å²) in [5.74, 6) is -0.726. The molecule has 0 saturated heterocycles. The van der Waals surface area contributed by atoms with Crippen molar-refractivity contribution >= 4 is 29.3 Å². The van der Waals surface area contributed by atoms with E-state index in [1.807, 2.05) is 6.92 Å². The van der Waals surface area contributed by atoms with Gasteiger partial charge in [-0.2, -0.15) is 0 Å². The van der Waals surface area contributed by atoms with E-state index in [-0.39, 0.29) is 35.6 Å². The number of amides is 4. The van der Waals surface area contributed by atoms with Crippen LogP contribution in [0.3, 0.4) is 0 Å². The Bertz CT molecular complexity index is 1000. The van der Waals surface area contributed by atoms with Crippen molar-refractivity contribution in [2.24, 2.45) is 0 Å². The Kier molecular flexibility index (Phi) is 6.46. The summed E-state index contributed by atoms with van der Waals surface area (Å²) in [5, 5.41) is 5.49. The first-order chi connectivity index (χ1) is 14.4. The Morgan fingerprint density at radius 3 is 2.53 bits per heavy atom. The monoisotopic (exact) mass is 409 g/mol. The van der Waals surface area contributed by atoms with E-state index in [9.17, 15) is 19.2 Å². The van der Waals surface area contributed by atoms with Crippen molar-refractivity contribution in [3.63, 3.8) is 0 Å². The Labute approximate surface area is 174 Å². The van der Waals surface area contributed by atoms with Gasteiger partial charge in [0.1, 0.15) is 5.75 Å². The second-order valence-corrected chi connectivity index (χ2v) is 6.77. The van der Waals surface area contributed by atoms with Crippen LogP contribution < -0.4 is 15.4 Å². The van der Waals surface area contributed by atoms with Crippen molar-refractivity contribution in [3.8, 4) is 5.75 Å². The minimum Gasteiger partial charge on any atom is -0.493 e. The van der Waals surface area contributed by atoms with E-state index in [4.69, 9.17) is 4.74 Å². The van der Waals surface area contributed by atoms with Gasteiger partial charge in [0, 0.05) is 25.7 Å². The van der Waals surface area contributed by atoms with Gasteiger partial charge in [-0.25, -0.2) is 0 Å². The summed E-state index contributed by atoms with van der Waals surface area (Å²) >= 11 is 0. The number of carbonyl (C=O) groups is 4. The zero-order chi connectivity index (χ0) is 21.7. The molecular weight excluding hydrogens is 386 g/mol. The van der Waals surface area contributed by atoms with Gasteiger partial charge in [0.2, 0.25) is 5.91 Å². The number of hydrogen-bond acceptors (Lipinski definition) is 5. The number of anilines is 1. The lowest BCUT2D eigenvalue weighted by molar-refractivity contribution is -0.116. The van der Waals surface area contributed by atoms with Crippen LogP contribution in [0.25, 0.3) is 0 Å². The number of nitrogens with zero attached hydrogens (tertiary/aromatic N) is 1. The quantitative estimate of drug-likeness (QED) is 0.515. The summed E-state index contributed by atoms with van der Waals surface area (Å²) in [6.07, 6.45) is 0.636. The van der Waals surface area contributed by atoms with Crippen LogP contribution in [0.1, 0.15) is 50.8 Å². The molecule has 3 rings (SSSR count). The lowest BCUT2D eigenvalue weighted by Gasteiger charge is -2.10. The fourth-order valence-electron chi connectivity index (χ4n) is 3.14. The third kappa shape index (κ3) is 4.48. The molecule has 0 fully saturated rings. The molecule has 0 atom stereocenters. The zero-order valence-corrected chi connectivity index (χ0v) is 16.9. The van der Waals surface area contributed by atoms with E-state index in [2.05, 4.69) is 10.6 Å². The third-order valence-corrected chi connectivity index (χ3v) is 4.67. The minimum absolute atomic E-state index is 0.192. The molecule has 2 aromatic rings. The highest BCUT2D eigenvalue weighted by molar-refractivity contribution is 6.21.